The lowest BCUT2D eigenvalue weighted by molar-refractivity contribution is 0.177. The van der Waals surface area contributed by atoms with Crippen LogP contribution >= 0.6 is 11.3 Å². The Morgan fingerprint density at radius 2 is 2.71 bits per heavy atom. The van der Waals surface area contributed by atoms with Crippen LogP contribution in [0.3, 0.4) is 0 Å². The molecular weight excluding hydrogens is 110 g/mol. The molecule has 0 saturated heterocycles. The van der Waals surface area contributed by atoms with Gasteiger partial charge in [0, 0.05) is 11.6 Å². The predicted octanol–water partition coefficient (Wildman–Crippen LogP) is 1.07. The fraction of sp³-hybridized carbons (Fsp3) is 0.250. The molecule has 0 atom stereocenters. The zero-order valence-corrected chi connectivity index (χ0v) is 4.44. The Balaban J connectivity index is 2.76. The highest BCUT2D eigenvalue weighted by atomic mass is 32.1. The van der Waals surface area contributed by atoms with Gasteiger partial charge in [-0.1, -0.05) is 0 Å². The van der Waals surface area contributed by atoms with Crippen molar-refractivity contribution in [2.24, 2.45) is 0 Å². The van der Waals surface area contributed by atoms with Gasteiger partial charge in [0.2, 0.25) is 0 Å². The van der Waals surface area contributed by atoms with E-state index in [1.807, 2.05) is 0 Å². The van der Waals surface area contributed by atoms with Gasteiger partial charge < -0.3 is 0 Å². The Kier molecular flexibility index (Phi) is 1.38. The van der Waals surface area contributed by atoms with Crippen molar-refractivity contribution in [3.8, 4) is 0 Å². The first-order valence-corrected chi connectivity index (χ1v) is 2.78. The molecule has 0 unspecified atom stereocenters. The summed E-state index contributed by atoms with van der Waals surface area (Å²) in [4.78, 5) is 3.74. The molecule has 1 aromatic rings. The second kappa shape index (κ2) is 2.04. The van der Waals surface area contributed by atoms with E-state index in [0.29, 0.717) is 5.01 Å². The number of hydrogen-bond donors (Lipinski definition) is 0. The molecule has 0 N–H and O–H groups in total. The minimum absolute atomic E-state index is 0.183. The molecule has 0 aliphatic carbocycles. The Labute approximate surface area is 45.5 Å². The molecule has 37 valence electrons. The first-order valence-electron chi connectivity index (χ1n) is 1.90. The van der Waals surface area contributed by atoms with Crippen LogP contribution in [0.4, 0.5) is 0 Å². The van der Waals surface area contributed by atoms with E-state index in [-0.39, 0.29) is 6.61 Å². The van der Waals surface area contributed by atoms with Crippen molar-refractivity contribution in [3.63, 3.8) is 0 Å². The molecule has 1 heterocycles. The average molecular weight is 114 g/mol. The molecule has 7 heavy (non-hydrogen) atoms. The highest BCUT2D eigenvalue weighted by Gasteiger charge is 1.87. The van der Waals surface area contributed by atoms with Gasteiger partial charge in [0.1, 0.15) is 11.6 Å². The number of aromatic nitrogens is 1. The van der Waals surface area contributed by atoms with Crippen LogP contribution in [0, 0.1) is 0 Å². The van der Waals surface area contributed by atoms with Crippen LogP contribution in [0.15, 0.2) is 11.6 Å². The first kappa shape index (κ1) is 4.74. The molecule has 1 radical (unpaired) electrons. The minimum atomic E-state index is -0.183. The zero-order valence-electron chi connectivity index (χ0n) is 3.63. The van der Waals surface area contributed by atoms with Gasteiger partial charge in [-0.2, -0.15) is 0 Å². The lowest BCUT2D eigenvalue weighted by atomic mass is 10.8. The van der Waals surface area contributed by atoms with E-state index in [0.717, 1.165) is 0 Å². The normalized spacial score (nSPS) is 9.29. The Bertz CT molecular complexity index is 126. The molecule has 0 amide bonds. The van der Waals surface area contributed by atoms with E-state index in [4.69, 9.17) is 0 Å². The Morgan fingerprint density at radius 3 is 3.00 bits per heavy atom. The number of thiazole rings is 1. The van der Waals surface area contributed by atoms with Crippen molar-refractivity contribution < 1.29 is 5.11 Å². The molecule has 0 fully saturated rings. The summed E-state index contributed by atoms with van der Waals surface area (Å²) >= 11 is 1.40. The van der Waals surface area contributed by atoms with Gasteiger partial charge >= 0.3 is 0 Å². The highest BCUT2D eigenvalue weighted by molar-refractivity contribution is 7.09. The van der Waals surface area contributed by atoms with Gasteiger partial charge in [0.15, 0.2) is 0 Å². The predicted molar refractivity (Wildman–Crippen MR) is 26.5 cm³/mol. The van der Waals surface area contributed by atoms with Gasteiger partial charge in [-0.15, -0.1) is 11.3 Å². The molecule has 1 aromatic heterocycles. The quantitative estimate of drug-likeness (QED) is 0.537. The van der Waals surface area contributed by atoms with Gasteiger partial charge in [-0.25, -0.2) is 10.1 Å². The van der Waals surface area contributed by atoms with Crippen LogP contribution in [0.5, 0.6) is 0 Å². The van der Waals surface area contributed by atoms with E-state index >= 15 is 0 Å². The van der Waals surface area contributed by atoms with E-state index in [2.05, 4.69) is 4.98 Å². The molecule has 0 bridgehead atoms. The number of nitrogens with zero attached hydrogens (tertiary/aromatic N) is 1. The number of hydrogen-bond acceptors (Lipinski definition) is 2. The summed E-state index contributed by atoms with van der Waals surface area (Å²) in [6.07, 6.45) is 1.64. The van der Waals surface area contributed by atoms with E-state index < -0.39 is 0 Å². The fourth-order valence-corrected chi connectivity index (χ4v) is 0.793. The summed E-state index contributed by atoms with van der Waals surface area (Å²) in [5, 5.41) is 12.4. The van der Waals surface area contributed by atoms with Crippen molar-refractivity contribution in [2.45, 2.75) is 6.61 Å². The zero-order chi connectivity index (χ0) is 5.11. The van der Waals surface area contributed by atoms with Crippen molar-refractivity contribution in [1.29, 1.82) is 0 Å². The molecule has 0 spiro atoms. The van der Waals surface area contributed by atoms with Crippen LogP contribution < -0.4 is 0 Å². The maximum Gasteiger partial charge on any atom is 0.134 e. The second-order valence-corrected chi connectivity index (χ2v) is 2.05. The second-order valence-electron chi connectivity index (χ2n) is 1.07. The summed E-state index contributed by atoms with van der Waals surface area (Å²) in [6.45, 7) is -0.183. The van der Waals surface area contributed by atoms with Crippen LogP contribution in [-0.4, -0.2) is 4.98 Å². The summed E-state index contributed by atoms with van der Waals surface area (Å²) in [5.41, 5.74) is 0. The Hall–Kier alpha value is -0.410. The lowest BCUT2D eigenvalue weighted by Gasteiger charge is -1.74. The molecule has 1 rings (SSSR count). The lowest BCUT2D eigenvalue weighted by Crippen LogP contribution is -1.73. The maximum atomic E-state index is 9.94. The molecule has 3 heteroatoms. The van der Waals surface area contributed by atoms with Crippen molar-refractivity contribution >= 4 is 11.3 Å². The maximum absolute atomic E-state index is 9.94. The fourth-order valence-electron chi connectivity index (χ4n) is 0.324. The van der Waals surface area contributed by atoms with E-state index in [1.54, 1.807) is 11.6 Å². The monoisotopic (exact) mass is 114 g/mol. The van der Waals surface area contributed by atoms with Crippen molar-refractivity contribution in [1.82, 2.24) is 4.98 Å². The largest absolute Gasteiger partial charge is 0.247 e. The summed E-state index contributed by atoms with van der Waals surface area (Å²) in [7, 11) is 0. The first-order chi connectivity index (χ1) is 3.43. The van der Waals surface area contributed by atoms with Crippen molar-refractivity contribution in [3.05, 3.63) is 16.6 Å². The van der Waals surface area contributed by atoms with Gasteiger partial charge in [0.25, 0.3) is 0 Å². The summed E-state index contributed by atoms with van der Waals surface area (Å²) in [5.74, 6) is 0. The van der Waals surface area contributed by atoms with Gasteiger partial charge in [0.05, 0.1) is 0 Å². The average Bonchev–Trinajstić information content (AvgIpc) is 2.14. The van der Waals surface area contributed by atoms with Crippen LogP contribution in [0.2, 0.25) is 0 Å². The molecule has 0 aliphatic rings. The van der Waals surface area contributed by atoms with Crippen LogP contribution in [-0.2, 0) is 11.7 Å². The molecule has 0 saturated carbocycles. The summed E-state index contributed by atoms with van der Waals surface area (Å²) in [6, 6.07) is 0. The third-order valence-corrected chi connectivity index (χ3v) is 1.36. The van der Waals surface area contributed by atoms with E-state index in [1.165, 1.54) is 11.3 Å². The Morgan fingerprint density at radius 1 is 1.86 bits per heavy atom. The molecule has 0 aliphatic heterocycles. The van der Waals surface area contributed by atoms with Crippen LogP contribution in [0.1, 0.15) is 5.01 Å². The minimum Gasteiger partial charge on any atom is -0.247 e. The van der Waals surface area contributed by atoms with Crippen LogP contribution in [0.25, 0.3) is 0 Å². The topological polar surface area (TPSA) is 32.8 Å². The summed E-state index contributed by atoms with van der Waals surface area (Å²) < 4.78 is 0. The smallest absolute Gasteiger partial charge is 0.134 e. The number of rotatable bonds is 1. The third kappa shape index (κ3) is 0.976. The van der Waals surface area contributed by atoms with Gasteiger partial charge in [-0.05, 0) is 0 Å². The molecule has 2 nitrogen and oxygen atoms in total. The van der Waals surface area contributed by atoms with Gasteiger partial charge in [-0.3, -0.25) is 0 Å². The standard InChI is InChI=1S/C4H4NOS/c6-3-4-5-1-2-7-4/h1-2H,3H2. The third-order valence-electron chi connectivity index (χ3n) is 0.607. The highest BCUT2D eigenvalue weighted by Crippen LogP contribution is 2.01. The van der Waals surface area contributed by atoms with E-state index in [9.17, 15) is 5.11 Å². The molecular formula is C4H4NOS. The molecule has 0 aromatic carbocycles. The SMILES string of the molecule is [O]Cc1nccs1. The van der Waals surface area contributed by atoms with Crippen molar-refractivity contribution in [2.75, 3.05) is 0 Å².